The first kappa shape index (κ1) is 28.6. The zero-order valence-corrected chi connectivity index (χ0v) is 20.6. The van der Waals surface area contributed by atoms with Crippen molar-refractivity contribution in [3.05, 3.63) is 12.2 Å². The Hall–Kier alpha value is -0.990. The summed E-state index contributed by atoms with van der Waals surface area (Å²) in [5, 5.41) is 60.3. The standard InChI is InChI=1S/C24H40O11/c1-11-7-13(25)8-24(3,4)14(11)6-5-12(2)34-23-21(31)19(29)18(28)16(35-23)10-33-22-20(30)17(27)15(26)9-32-22/h5-6,11-12,14-23,26-31H,7-10H2,1-4H3/b6-5+/t11-,12-,14+,15-,16-,17-,18-,19+,20-,21-,22-,23-/m1/s1. The third-order valence-corrected chi connectivity index (χ3v) is 7.20. The fraction of sp³-hybridized carbons (Fsp3) is 0.875. The van der Waals surface area contributed by atoms with E-state index in [1.807, 2.05) is 19.1 Å². The molecule has 0 bridgehead atoms. The molecule has 0 spiro atoms. The molecule has 1 saturated carbocycles. The number of allylic oxidation sites excluding steroid dienone is 1. The number of carbonyl (C=O) groups excluding carboxylic acids is 1. The maximum atomic E-state index is 12.0. The van der Waals surface area contributed by atoms with E-state index in [0.717, 1.165) is 0 Å². The predicted molar refractivity (Wildman–Crippen MR) is 121 cm³/mol. The van der Waals surface area contributed by atoms with E-state index in [4.69, 9.17) is 18.9 Å². The highest BCUT2D eigenvalue weighted by Crippen LogP contribution is 2.43. The molecule has 3 aliphatic rings. The SMILES string of the molecule is C[C@H](/C=C/[C@H]1[C@H](C)CC(=O)CC1(C)C)O[C@@H]1O[C@H](CO[C@H]2OC[C@@H](O)[C@@H](O)[C@H]2O)[C@@H](O)[C@H](O)[C@H]1O. The van der Waals surface area contributed by atoms with Crippen LogP contribution in [0.5, 0.6) is 0 Å². The molecular formula is C24H40O11. The Balaban J connectivity index is 1.58. The van der Waals surface area contributed by atoms with Crippen LogP contribution in [0.15, 0.2) is 12.2 Å². The molecule has 3 fully saturated rings. The average molecular weight is 505 g/mol. The molecule has 12 atom stereocenters. The number of Topliss-reactive ketones (excluding diaryl/α,β-unsaturated/α-hetero) is 1. The van der Waals surface area contributed by atoms with Crippen LogP contribution in [0.3, 0.4) is 0 Å². The van der Waals surface area contributed by atoms with Crippen LogP contribution >= 0.6 is 0 Å². The predicted octanol–water partition coefficient (Wildman–Crippen LogP) is -1.15. The van der Waals surface area contributed by atoms with Crippen LogP contribution in [0.4, 0.5) is 0 Å². The quantitative estimate of drug-likeness (QED) is 0.231. The zero-order chi connectivity index (χ0) is 26.1. The zero-order valence-electron chi connectivity index (χ0n) is 20.6. The van der Waals surface area contributed by atoms with Crippen molar-refractivity contribution in [2.24, 2.45) is 17.3 Å². The molecule has 2 saturated heterocycles. The Labute approximate surface area is 205 Å². The summed E-state index contributed by atoms with van der Waals surface area (Å²) in [6, 6.07) is 0. The van der Waals surface area contributed by atoms with E-state index in [9.17, 15) is 35.4 Å². The number of aliphatic hydroxyl groups excluding tert-OH is 6. The summed E-state index contributed by atoms with van der Waals surface area (Å²) >= 11 is 0. The second kappa shape index (κ2) is 11.6. The van der Waals surface area contributed by atoms with Gasteiger partial charge >= 0.3 is 0 Å². The van der Waals surface area contributed by atoms with Gasteiger partial charge in [0.2, 0.25) is 0 Å². The highest BCUT2D eigenvalue weighted by Gasteiger charge is 2.46. The molecule has 11 heteroatoms. The van der Waals surface area contributed by atoms with Gasteiger partial charge in [0, 0.05) is 12.8 Å². The lowest BCUT2D eigenvalue weighted by molar-refractivity contribution is -0.324. The van der Waals surface area contributed by atoms with E-state index in [-0.39, 0.29) is 36.2 Å². The molecule has 3 rings (SSSR count). The molecule has 0 aromatic rings. The number of carbonyl (C=O) groups is 1. The normalized spacial score (nSPS) is 45.5. The summed E-state index contributed by atoms with van der Waals surface area (Å²) < 4.78 is 22.0. The Bertz CT molecular complexity index is 743. The largest absolute Gasteiger partial charge is 0.388 e. The molecule has 1 aliphatic carbocycles. The van der Waals surface area contributed by atoms with Crippen molar-refractivity contribution in [2.75, 3.05) is 13.2 Å². The lowest BCUT2D eigenvalue weighted by atomic mass is 9.63. The van der Waals surface area contributed by atoms with Crippen LogP contribution < -0.4 is 0 Å². The molecule has 2 aliphatic heterocycles. The summed E-state index contributed by atoms with van der Waals surface area (Å²) in [6.45, 7) is 7.32. The van der Waals surface area contributed by atoms with Crippen molar-refractivity contribution in [1.82, 2.24) is 0 Å². The van der Waals surface area contributed by atoms with E-state index in [1.165, 1.54) is 0 Å². The van der Waals surface area contributed by atoms with Crippen LogP contribution in [0.2, 0.25) is 0 Å². The number of ether oxygens (including phenoxy) is 4. The number of hydrogen-bond donors (Lipinski definition) is 6. The second-order valence-corrected chi connectivity index (χ2v) is 10.7. The minimum Gasteiger partial charge on any atom is -0.388 e. The van der Waals surface area contributed by atoms with E-state index in [0.29, 0.717) is 12.8 Å². The monoisotopic (exact) mass is 504 g/mol. The summed E-state index contributed by atoms with van der Waals surface area (Å²) in [5.74, 6) is 0.599. The van der Waals surface area contributed by atoms with Crippen LogP contribution in [-0.2, 0) is 23.7 Å². The molecule has 202 valence electrons. The number of rotatable bonds is 7. The average Bonchev–Trinajstić information content (AvgIpc) is 2.76. The van der Waals surface area contributed by atoms with Gasteiger partial charge in [-0.3, -0.25) is 4.79 Å². The maximum absolute atomic E-state index is 12.0. The number of ketones is 1. The molecule has 0 amide bonds. The van der Waals surface area contributed by atoms with Gasteiger partial charge in [-0.25, -0.2) is 0 Å². The van der Waals surface area contributed by atoms with Crippen LogP contribution in [0.1, 0.15) is 40.5 Å². The summed E-state index contributed by atoms with van der Waals surface area (Å²) in [5.41, 5.74) is -0.191. The molecule has 0 unspecified atom stereocenters. The van der Waals surface area contributed by atoms with E-state index < -0.39 is 61.4 Å². The molecular weight excluding hydrogens is 464 g/mol. The van der Waals surface area contributed by atoms with Crippen molar-refractivity contribution < 1.29 is 54.4 Å². The molecule has 35 heavy (non-hydrogen) atoms. The summed E-state index contributed by atoms with van der Waals surface area (Å²) in [7, 11) is 0. The van der Waals surface area contributed by atoms with Gasteiger partial charge in [-0.15, -0.1) is 0 Å². The van der Waals surface area contributed by atoms with Gasteiger partial charge in [-0.1, -0.05) is 32.9 Å². The van der Waals surface area contributed by atoms with Crippen LogP contribution in [-0.4, -0.2) is 111 Å². The first-order valence-corrected chi connectivity index (χ1v) is 12.1. The molecule has 11 nitrogen and oxygen atoms in total. The van der Waals surface area contributed by atoms with Gasteiger partial charge in [0.1, 0.15) is 48.5 Å². The van der Waals surface area contributed by atoms with Crippen LogP contribution in [0.25, 0.3) is 0 Å². The molecule has 0 aromatic heterocycles. The van der Waals surface area contributed by atoms with Crippen LogP contribution in [0, 0.1) is 17.3 Å². The third kappa shape index (κ3) is 6.67. The van der Waals surface area contributed by atoms with E-state index in [2.05, 4.69) is 13.8 Å². The van der Waals surface area contributed by atoms with Crippen molar-refractivity contribution in [3.63, 3.8) is 0 Å². The van der Waals surface area contributed by atoms with E-state index in [1.54, 1.807) is 6.92 Å². The Morgan fingerprint density at radius 1 is 1.03 bits per heavy atom. The van der Waals surface area contributed by atoms with Gasteiger partial charge < -0.3 is 49.6 Å². The van der Waals surface area contributed by atoms with Gasteiger partial charge in [0.15, 0.2) is 12.6 Å². The highest BCUT2D eigenvalue weighted by atomic mass is 16.7. The Morgan fingerprint density at radius 2 is 1.69 bits per heavy atom. The lowest BCUT2D eigenvalue weighted by Gasteiger charge is -2.42. The fourth-order valence-corrected chi connectivity index (χ4v) is 5.22. The smallest absolute Gasteiger partial charge is 0.187 e. The summed E-state index contributed by atoms with van der Waals surface area (Å²) in [4.78, 5) is 12.0. The van der Waals surface area contributed by atoms with Gasteiger partial charge in [-0.05, 0) is 24.2 Å². The summed E-state index contributed by atoms with van der Waals surface area (Å²) in [6.07, 6.45) is -8.15. The van der Waals surface area contributed by atoms with E-state index >= 15 is 0 Å². The lowest BCUT2D eigenvalue weighted by Crippen LogP contribution is -2.60. The fourth-order valence-electron chi connectivity index (χ4n) is 5.22. The second-order valence-electron chi connectivity index (χ2n) is 10.7. The first-order valence-electron chi connectivity index (χ1n) is 12.1. The Kier molecular flexibility index (Phi) is 9.47. The van der Waals surface area contributed by atoms with Crippen molar-refractivity contribution in [3.8, 4) is 0 Å². The van der Waals surface area contributed by atoms with Gasteiger partial charge in [0.25, 0.3) is 0 Å². The molecule has 0 aromatic carbocycles. The molecule has 2 heterocycles. The maximum Gasteiger partial charge on any atom is 0.187 e. The topological polar surface area (TPSA) is 175 Å². The third-order valence-electron chi connectivity index (χ3n) is 7.20. The van der Waals surface area contributed by atoms with Crippen molar-refractivity contribution in [1.29, 1.82) is 0 Å². The molecule has 6 N–H and O–H groups in total. The number of hydrogen-bond acceptors (Lipinski definition) is 11. The number of aliphatic hydroxyl groups is 6. The van der Waals surface area contributed by atoms with Crippen molar-refractivity contribution in [2.45, 2.75) is 102 Å². The Morgan fingerprint density at radius 3 is 2.34 bits per heavy atom. The van der Waals surface area contributed by atoms with Gasteiger partial charge in [0.05, 0.1) is 19.3 Å². The highest BCUT2D eigenvalue weighted by molar-refractivity contribution is 5.80. The first-order chi connectivity index (χ1) is 16.3. The molecule has 0 radical (unpaired) electrons. The minimum atomic E-state index is -1.58. The van der Waals surface area contributed by atoms with Crippen molar-refractivity contribution >= 4 is 5.78 Å². The van der Waals surface area contributed by atoms with Gasteiger partial charge in [-0.2, -0.15) is 0 Å². The minimum absolute atomic E-state index is 0.160.